The van der Waals surface area contributed by atoms with E-state index >= 15 is 0 Å². The van der Waals surface area contributed by atoms with Gasteiger partial charge in [-0.1, -0.05) is 48.0 Å². The third-order valence-electron chi connectivity index (χ3n) is 4.86. The SMILES string of the molecule is O=C(O)C=Cc1ccc2c(c1)c(C(=O)Cc1ccc(Cl)cc1)cn2-c1ccccc1. The molecule has 4 aromatic rings. The number of hydrogen-bond donors (Lipinski definition) is 1. The summed E-state index contributed by atoms with van der Waals surface area (Å²) in [5.74, 6) is -1.03. The molecule has 4 nitrogen and oxygen atoms in total. The Morgan fingerprint density at radius 1 is 0.967 bits per heavy atom. The first-order valence-corrected chi connectivity index (χ1v) is 9.78. The molecule has 0 radical (unpaired) electrons. The van der Waals surface area contributed by atoms with Crippen molar-refractivity contribution < 1.29 is 14.7 Å². The average molecular weight is 416 g/mol. The number of nitrogens with zero attached hydrogens (tertiary/aromatic N) is 1. The number of Topliss-reactive ketones (excluding diaryl/α,β-unsaturated/α-hetero) is 1. The number of halogens is 1. The minimum Gasteiger partial charge on any atom is -0.478 e. The molecule has 0 aliphatic carbocycles. The van der Waals surface area contributed by atoms with E-state index in [1.807, 2.05) is 71.4 Å². The van der Waals surface area contributed by atoms with Gasteiger partial charge in [0.1, 0.15) is 0 Å². The van der Waals surface area contributed by atoms with Crippen molar-refractivity contribution in [2.24, 2.45) is 0 Å². The molecule has 3 aromatic carbocycles. The number of para-hydroxylation sites is 1. The monoisotopic (exact) mass is 415 g/mol. The van der Waals surface area contributed by atoms with Gasteiger partial charge >= 0.3 is 5.97 Å². The molecule has 5 heteroatoms. The highest BCUT2D eigenvalue weighted by Crippen LogP contribution is 2.28. The van der Waals surface area contributed by atoms with E-state index in [9.17, 15) is 9.59 Å². The number of benzene rings is 3. The fourth-order valence-corrected chi connectivity index (χ4v) is 3.55. The molecular formula is C25H18ClNO3. The smallest absolute Gasteiger partial charge is 0.328 e. The molecule has 30 heavy (non-hydrogen) atoms. The van der Waals surface area contributed by atoms with Crippen LogP contribution in [0.2, 0.25) is 5.02 Å². The summed E-state index contributed by atoms with van der Waals surface area (Å²) in [7, 11) is 0. The average Bonchev–Trinajstić information content (AvgIpc) is 3.13. The van der Waals surface area contributed by atoms with Crippen LogP contribution in [-0.2, 0) is 11.2 Å². The molecule has 0 fully saturated rings. The molecule has 0 atom stereocenters. The van der Waals surface area contributed by atoms with Crippen LogP contribution in [0.1, 0.15) is 21.5 Å². The van der Waals surface area contributed by atoms with Gasteiger partial charge in [0.05, 0.1) is 5.52 Å². The maximum absolute atomic E-state index is 13.2. The second-order valence-electron chi connectivity index (χ2n) is 6.92. The molecule has 1 N–H and O–H groups in total. The van der Waals surface area contributed by atoms with Crippen LogP contribution < -0.4 is 0 Å². The molecular weight excluding hydrogens is 398 g/mol. The van der Waals surface area contributed by atoms with Gasteiger partial charge < -0.3 is 9.67 Å². The van der Waals surface area contributed by atoms with E-state index in [0.29, 0.717) is 10.6 Å². The zero-order valence-electron chi connectivity index (χ0n) is 16.0. The van der Waals surface area contributed by atoms with Crippen molar-refractivity contribution in [1.29, 1.82) is 0 Å². The highest BCUT2D eigenvalue weighted by Gasteiger charge is 2.17. The second-order valence-corrected chi connectivity index (χ2v) is 7.36. The van der Waals surface area contributed by atoms with Crippen LogP contribution in [0.25, 0.3) is 22.7 Å². The van der Waals surface area contributed by atoms with E-state index < -0.39 is 5.97 Å². The van der Waals surface area contributed by atoms with Crippen molar-refractivity contribution in [3.63, 3.8) is 0 Å². The van der Waals surface area contributed by atoms with E-state index in [4.69, 9.17) is 16.7 Å². The number of aliphatic carboxylic acids is 1. The number of fused-ring (bicyclic) bond motifs is 1. The van der Waals surface area contributed by atoms with Crippen LogP contribution in [0.3, 0.4) is 0 Å². The molecule has 148 valence electrons. The van der Waals surface area contributed by atoms with Crippen LogP contribution in [0.15, 0.2) is 85.1 Å². The van der Waals surface area contributed by atoms with Gasteiger partial charge in [-0.2, -0.15) is 0 Å². The van der Waals surface area contributed by atoms with Crippen molar-refractivity contribution in [2.45, 2.75) is 6.42 Å². The molecule has 4 rings (SSSR count). The lowest BCUT2D eigenvalue weighted by Crippen LogP contribution is -2.03. The largest absolute Gasteiger partial charge is 0.478 e. The molecule has 0 amide bonds. The summed E-state index contributed by atoms with van der Waals surface area (Å²) in [5, 5.41) is 10.3. The highest BCUT2D eigenvalue weighted by molar-refractivity contribution is 6.30. The maximum Gasteiger partial charge on any atom is 0.328 e. The predicted octanol–water partition coefficient (Wildman–Crippen LogP) is 5.81. The first-order chi connectivity index (χ1) is 14.5. The van der Waals surface area contributed by atoms with Gasteiger partial charge in [0.15, 0.2) is 5.78 Å². The third-order valence-corrected chi connectivity index (χ3v) is 5.11. The van der Waals surface area contributed by atoms with Crippen molar-refractivity contribution in [3.05, 3.63) is 107 Å². The van der Waals surface area contributed by atoms with Crippen molar-refractivity contribution in [3.8, 4) is 5.69 Å². The van der Waals surface area contributed by atoms with E-state index in [-0.39, 0.29) is 12.2 Å². The Morgan fingerprint density at radius 3 is 2.40 bits per heavy atom. The standard InChI is InChI=1S/C25H18ClNO3/c26-19-10-6-18(7-11-19)15-24(28)22-16-27(20-4-2-1-3-5-20)23-12-8-17(14-21(22)23)9-13-25(29)30/h1-14,16H,15H2,(H,29,30). The van der Waals surface area contributed by atoms with Gasteiger partial charge in [0, 0.05) is 40.4 Å². The molecule has 0 saturated heterocycles. The zero-order valence-corrected chi connectivity index (χ0v) is 16.7. The Hall–Kier alpha value is -3.63. The van der Waals surface area contributed by atoms with Gasteiger partial charge in [-0.3, -0.25) is 4.79 Å². The number of carbonyl (C=O) groups excluding carboxylic acids is 1. The molecule has 0 saturated carbocycles. The van der Waals surface area contributed by atoms with E-state index in [1.54, 1.807) is 12.1 Å². The summed E-state index contributed by atoms with van der Waals surface area (Å²) >= 11 is 5.95. The van der Waals surface area contributed by atoms with Crippen LogP contribution in [0.4, 0.5) is 0 Å². The summed E-state index contributed by atoms with van der Waals surface area (Å²) < 4.78 is 1.98. The van der Waals surface area contributed by atoms with Gasteiger partial charge in [-0.05, 0) is 53.6 Å². The van der Waals surface area contributed by atoms with E-state index in [2.05, 4.69) is 0 Å². The summed E-state index contributed by atoms with van der Waals surface area (Å²) in [6.45, 7) is 0. The lowest BCUT2D eigenvalue weighted by Gasteiger charge is -2.05. The van der Waals surface area contributed by atoms with Gasteiger partial charge in [0.25, 0.3) is 0 Å². The Bertz CT molecular complexity index is 1260. The topological polar surface area (TPSA) is 59.3 Å². The number of hydrogen-bond acceptors (Lipinski definition) is 2. The van der Waals surface area contributed by atoms with Gasteiger partial charge in [0.2, 0.25) is 0 Å². The second kappa shape index (κ2) is 8.39. The lowest BCUT2D eigenvalue weighted by molar-refractivity contribution is -0.131. The number of ketones is 1. The maximum atomic E-state index is 13.2. The Labute approximate surface area is 178 Å². The summed E-state index contributed by atoms with van der Waals surface area (Å²) in [6.07, 6.45) is 4.71. The number of carbonyl (C=O) groups is 2. The quantitative estimate of drug-likeness (QED) is 0.319. The Morgan fingerprint density at radius 2 is 1.70 bits per heavy atom. The summed E-state index contributed by atoms with van der Waals surface area (Å²) in [5.41, 5.74) is 4.02. The van der Waals surface area contributed by atoms with Crippen molar-refractivity contribution >= 4 is 40.3 Å². The highest BCUT2D eigenvalue weighted by atomic mass is 35.5. The van der Waals surface area contributed by atoms with Gasteiger partial charge in [-0.25, -0.2) is 4.79 Å². The molecule has 0 spiro atoms. The minimum absolute atomic E-state index is 0.0173. The lowest BCUT2D eigenvalue weighted by atomic mass is 10.0. The minimum atomic E-state index is -1.02. The molecule has 0 aliphatic heterocycles. The fraction of sp³-hybridized carbons (Fsp3) is 0.0400. The van der Waals surface area contributed by atoms with E-state index in [0.717, 1.165) is 33.8 Å². The van der Waals surface area contributed by atoms with Crippen molar-refractivity contribution in [1.82, 2.24) is 4.57 Å². The van der Waals surface area contributed by atoms with Crippen LogP contribution >= 0.6 is 11.6 Å². The van der Waals surface area contributed by atoms with E-state index in [1.165, 1.54) is 6.08 Å². The van der Waals surface area contributed by atoms with Gasteiger partial charge in [-0.15, -0.1) is 0 Å². The van der Waals surface area contributed by atoms with Crippen molar-refractivity contribution in [2.75, 3.05) is 0 Å². The Balaban J connectivity index is 1.81. The number of carboxylic acids is 1. The predicted molar refractivity (Wildman–Crippen MR) is 119 cm³/mol. The fourth-order valence-electron chi connectivity index (χ4n) is 3.43. The molecule has 1 aromatic heterocycles. The number of carboxylic acid groups (broad SMARTS) is 1. The molecule has 1 heterocycles. The van der Waals surface area contributed by atoms with Crippen LogP contribution in [0, 0.1) is 0 Å². The summed E-state index contributed by atoms with van der Waals surface area (Å²) in [4.78, 5) is 24.0. The third kappa shape index (κ3) is 4.19. The first-order valence-electron chi connectivity index (χ1n) is 9.40. The molecule has 0 unspecified atom stereocenters. The van der Waals surface area contributed by atoms with Crippen LogP contribution in [0.5, 0.6) is 0 Å². The molecule has 0 aliphatic rings. The van der Waals surface area contributed by atoms with Crippen LogP contribution in [-0.4, -0.2) is 21.4 Å². The summed E-state index contributed by atoms with van der Waals surface area (Å²) in [6, 6.07) is 22.6. The normalized spacial score (nSPS) is 11.2. The zero-order chi connectivity index (χ0) is 21.1. The molecule has 0 bridgehead atoms. The number of aromatic nitrogens is 1. The first kappa shape index (κ1) is 19.7. The number of rotatable bonds is 6. The Kier molecular flexibility index (Phi) is 5.50.